The number of halogens is 1. The third-order valence-corrected chi connectivity index (χ3v) is 4.30. The minimum Gasteiger partial charge on any atom is -0.393 e. The first-order valence-corrected chi connectivity index (χ1v) is 7.09. The van der Waals surface area contributed by atoms with Gasteiger partial charge in [0.1, 0.15) is 0 Å². The Bertz CT molecular complexity index is 452. The van der Waals surface area contributed by atoms with Crippen LogP contribution < -0.4 is 4.72 Å². The highest BCUT2D eigenvalue weighted by Crippen LogP contribution is 2.19. The Morgan fingerprint density at radius 1 is 1.65 bits per heavy atom. The first kappa shape index (κ1) is 14.4. The number of nitrogens with zero attached hydrogens (tertiary/aromatic N) is 2. The van der Waals surface area contributed by atoms with E-state index in [1.165, 1.54) is 17.9 Å². The number of sulfonamides is 1. The summed E-state index contributed by atoms with van der Waals surface area (Å²) in [6.45, 7) is 2.00. The van der Waals surface area contributed by atoms with Gasteiger partial charge in [0.15, 0.2) is 5.03 Å². The topological polar surface area (TPSA) is 84.2 Å². The summed E-state index contributed by atoms with van der Waals surface area (Å²) in [7, 11) is -2.17. The molecule has 0 amide bonds. The van der Waals surface area contributed by atoms with Crippen LogP contribution in [0.5, 0.6) is 0 Å². The minimum absolute atomic E-state index is 0.0647. The second-order valence-electron chi connectivity index (χ2n) is 3.67. The fourth-order valence-electron chi connectivity index (χ4n) is 1.33. The second-order valence-corrected chi connectivity index (χ2v) is 5.76. The number of aliphatic hydroxyl groups is 1. The van der Waals surface area contributed by atoms with Crippen molar-refractivity contribution in [2.45, 2.75) is 30.9 Å². The predicted octanol–water partition coefficient (Wildman–Crippen LogP) is 0.513. The average Bonchev–Trinajstić information content (AvgIpc) is 2.58. The van der Waals surface area contributed by atoms with Crippen molar-refractivity contribution < 1.29 is 13.5 Å². The van der Waals surface area contributed by atoms with Crippen LogP contribution >= 0.6 is 11.6 Å². The lowest BCUT2D eigenvalue weighted by atomic mass is 10.2. The molecule has 8 heteroatoms. The Morgan fingerprint density at radius 3 is 2.76 bits per heavy atom. The molecule has 2 N–H and O–H groups in total. The van der Waals surface area contributed by atoms with Gasteiger partial charge in [0.25, 0.3) is 10.0 Å². The largest absolute Gasteiger partial charge is 0.393 e. The van der Waals surface area contributed by atoms with Gasteiger partial charge in [-0.05, 0) is 12.8 Å². The van der Waals surface area contributed by atoms with Crippen molar-refractivity contribution in [3.8, 4) is 0 Å². The molecule has 0 aromatic carbocycles. The standard InChI is InChI=1S/C9H16ClN3O3S/c1-3-7(14)4-5-12-17(15,16)9-8(10)6-11-13(9)2/h6-7,12,14H,3-5H2,1-2H3. The summed E-state index contributed by atoms with van der Waals surface area (Å²) in [6, 6.07) is 0. The normalized spacial score (nSPS) is 13.9. The molecule has 1 atom stereocenters. The molecule has 1 heterocycles. The fraction of sp³-hybridized carbons (Fsp3) is 0.667. The van der Waals surface area contributed by atoms with E-state index in [2.05, 4.69) is 9.82 Å². The average molecular weight is 282 g/mol. The molecule has 1 aromatic heterocycles. The van der Waals surface area contributed by atoms with Gasteiger partial charge in [0.2, 0.25) is 0 Å². The molecule has 1 unspecified atom stereocenters. The molecule has 98 valence electrons. The van der Waals surface area contributed by atoms with E-state index in [0.29, 0.717) is 12.8 Å². The number of hydrogen-bond acceptors (Lipinski definition) is 4. The fourth-order valence-corrected chi connectivity index (χ4v) is 3.03. The highest BCUT2D eigenvalue weighted by Gasteiger charge is 2.22. The summed E-state index contributed by atoms with van der Waals surface area (Å²) < 4.78 is 27.3. The van der Waals surface area contributed by atoms with Gasteiger partial charge in [0, 0.05) is 13.6 Å². The first-order valence-electron chi connectivity index (χ1n) is 5.23. The van der Waals surface area contributed by atoms with Crippen LogP contribution in [0.1, 0.15) is 19.8 Å². The predicted molar refractivity (Wildman–Crippen MR) is 64.3 cm³/mol. The van der Waals surface area contributed by atoms with Crippen molar-refractivity contribution in [2.24, 2.45) is 7.05 Å². The molecule has 17 heavy (non-hydrogen) atoms. The monoisotopic (exact) mass is 281 g/mol. The summed E-state index contributed by atoms with van der Waals surface area (Å²) in [6.07, 6.45) is 1.73. The zero-order chi connectivity index (χ0) is 13.1. The molecule has 1 rings (SSSR count). The number of rotatable bonds is 6. The number of nitrogens with one attached hydrogen (secondary N) is 1. The molecule has 0 saturated carbocycles. The second kappa shape index (κ2) is 5.81. The Labute approximate surface area is 106 Å². The van der Waals surface area contributed by atoms with Crippen molar-refractivity contribution >= 4 is 21.6 Å². The van der Waals surface area contributed by atoms with Crippen molar-refractivity contribution in [3.05, 3.63) is 11.2 Å². The maximum atomic E-state index is 11.9. The van der Waals surface area contributed by atoms with Crippen LogP contribution in [0.15, 0.2) is 11.2 Å². The van der Waals surface area contributed by atoms with Crippen LogP contribution in [0.2, 0.25) is 5.02 Å². The molecule has 0 spiro atoms. The number of aromatic nitrogens is 2. The van der Waals surface area contributed by atoms with E-state index in [1.807, 2.05) is 6.92 Å². The smallest absolute Gasteiger partial charge is 0.259 e. The minimum atomic E-state index is -3.67. The zero-order valence-corrected chi connectivity index (χ0v) is 11.3. The van der Waals surface area contributed by atoms with Crippen LogP contribution in [-0.4, -0.2) is 36.0 Å². The number of aliphatic hydroxyl groups excluding tert-OH is 1. The third kappa shape index (κ3) is 3.67. The van der Waals surface area contributed by atoms with E-state index in [9.17, 15) is 13.5 Å². The molecule has 0 fully saturated rings. The van der Waals surface area contributed by atoms with Gasteiger partial charge in [-0.15, -0.1) is 0 Å². The lowest BCUT2D eigenvalue weighted by Gasteiger charge is -2.09. The van der Waals surface area contributed by atoms with Crippen LogP contribution in [-0.2, 0) is 17.1 Å². The Morgan fingerprint density at radius 2 is 2.29 bits per heavy atom. The summed E-state index contributed by atoms with van der Waals surface area (Å²) in [5, 5.41) is 13.1. The molecule has 1 aromatic rings. The molecule has 0 aliphatic carbocycles. The third-order valence-electron chi connectivity index (χ3n) is 2.34. The summed E-state index contributed by atoms with van der Waals surface area (Å²) in [5.74, 6) is 0. The van der Waals surface area contributed by atoms with Gasteiger partial charge >= 0.3 is 0 Å². The van der Waals surface area contributed by atoms with Gasteiger partial charge in [0.05, 0.1) is 17.3 Å². The number of hydrogen-bond donors (Lipinski definition) is 2. The molecule has 0 aliphatic heterocycles. The highest BCUT2D eigenvalue weighted by atomic mass is 35.5. The molecule has 0 radical (unpaired) electrons. The van der Waals surface area contributed by atoms with Crippen molar-refractivity contribution in [1.29, 1.82) is 0 Å². The van der Waals surface area contributed by atoms with Gasteiger partial charge in [-0.25, -0.2) is 13.1 Å². The Hall–Kier alpha value is -0.630. The van der Waals surface area contributed by atoms with Crippen LogP contribution in [0.25, 0.3) is 0 Å². The van der Waals surface area contributed by atoms with E-state index in [4.69, 9.17) is 11.6 Å². The molecule has 0 saturated heterocycles. The van der Waals surface area contributed by atoms with Gasteiger partial charge < -0.3 is 5.11 Å². The molecule has 0 bridgehead atoms. The van der Waals surface area contributed by atoms with Crippen molar-refractivity contribution in [1.82, 2.24) is 14.5 Å². The van der Waals surface area contributed by atoms with Crippen LogP contribution in [0.4, 0.5) is 0 Å². The lowest BCUT2D eigenvalue weighted by molar-refractivity contribution is 0.162. The number of aryl methyl sites for hydroxylation is 1. The van der Waals surface area contributed by atoms with E-state index < -0.39 is 16.1 Å². The maximum Gasteiger partial charge on any atom is 0.259 e. The summed E-state index contributed by atoms with van der Waals surface area (Å²) in [5.41, 5.74) is 0. The van der Waals surface area contributed by atoms with E-state index in [-0.39, 0.29) is 16.6 Å². The zero-order valence-electron chi connectivity index (χ0n) is 9.72. The van der Waals surface area contributed by atoms with Crippen LogP contribution in [0, 0.1) is 0 Å². The molecular weight excluding hydrogens is 266 g/mol. The van der Waals surface area contributed by atoms with Gasteiger partial charge in [-0.3, -0.25) is 4.68 Å². The van der Waals surface area contributed by atoms with E-state index >= 15 is 0 Å². The molecule has 6 nitrogen and oxygen atoms in total. The summed E-state index contributed by atoms with van der Waals surface area (Å²) >= 11 is 5.75. The van der Waals surface area contributed by atoms with E-state index in [0.717, 1.165) is 0 Å². The first-order chi connectivity index (χ1) is 7.88. The maximum absolute atomic E-state index is 11.9. The lowest BCUT2D eigenvalue weighted by Crippen LogP contribution is -2.29. The van der Waals surface area contributed by atoms with Crippen LogP contribution in [0.3, 0.4) is 0 Å². The van der Waals surface area contributed by atoms with Gasteiger partial charge in [-0.1, -0.05) is 18.5 Å². The van der Waals surface area contributed by atoms with Crippen molar-refractivity contribution in [3.63, 3.8) is 0 Å². The summed E-state index contributed by atoms with van der Waals surface area (Å²) in [4.78, 5) is 0. The van der Waals surface area contributed by atoms with Gasteiger partial charge in [-0.2, -0.15) is 5.10 Å². The highest BCUT2D eigenvalue weighted by molar-refractivity contribution is 7.89. The molecule has 0 aliphatic rings. The quantitative estimate of drug-likeness (QED) is 0.796. The van der Waals surface area contributed by atoms with Crippen molar-refractivity contribution in [2.75, 3.05) is 6.54 Å². The Kier molecular flexibility index (Phi) is 4.93. The molecular formula is C9H16ClN3O3S. The SMILES string of the molecule is CCC(O)CCNS(=O)(=O)c1c(Cl)cnn1C. The van der Waals surface area contributed by atoms with E-state index in [1.54, 1.807) is 0 Å². The Balaban J connectivity index is 2.70.